The molecule has 1 aromatic rings. The molecule has 0 N–H and O–H groups in total. The van der Waals surface area contributed by atoms with Crippen LogP contribution in [0.3, 0.4) is 0 Å². The molecule has 1 aromatic carbocycles. The average molecular weight is 258 g/mol. The summed E-state index contributed by atoms with van der Waals surface area (Å²) in [6.07, 6.45) is 3.84. The molecule has 0 atom stereocenters. The zero-order chi connectivity index (χ0) is 13.7. The van der Waals surface area contributed by atoms with Gasteiger partial charge in [-0.2, -0.15) is 0 Å². The van der Waals surface area contributed by atoms with Gasteiger partial charge in [0.15, 0.2) is 0 Å². The van der Waals surface area contributed by atoms with Gasteiger partial charge >= 0.3 is 6.16 Å². The third kappa shape index (κ3) is 3.25. The van der Waals surface area contributed by atoms with E-state index < -0.39 is 6.16 Å². The van der Waals surface area contributed by atoms with Crippen LogP contribution in [0.1, 0.15) is 30.9 Å². The Morgan fingerprint density at radius 1 is 1.37 bits per heavy atom. The van der Waals surface area contributed by atoms with Crippen LogP contribution in [-0.2, 0) is 15.9 Å². The highest BCUT2D eigenvalue weighted by Crippen LogP contribution is 2.31. The van der Waals surface area contributed by atoms with E-state index in [2.05, 4.69) is 12.6 Å². The Bertz CT molecular complexity index is 514. The van der Waals surface area contributed by atoms with Crippen molar-refractivity contribution >= 4 is 11.9 Å². The number of fused-ring (bicyclic) bond motifs is 1. The van der Waals surface area contributed by atoms with Crippen LogP contribution in [0.15, 0.2) is 42.5 Å². The van der Waals surface area contributed by atoms with Crippen molar-refractivity contribution in [1.82, 2.24) is 0 Å². The first kappa shape index (κ1) is 13.4. The summed E-state index contributed by atoms with van der Waals surface area (Å²) in [5.41, 5.74) is 3.29. The van der Waals surface area contributed by atoms with E-state index in [4.69, 9.17) is 9.47 Å². The fourth-order valence-corrected chi connectivity index (χ4v) is 2.23. The number of hydrogen-bond acceptors (Lipinski definition) is 3. The molecule has 0 aliphatic heterocycles. The molecule has 0 amide bonds. The Kier molecular flexibility index (Phi) is 4.39. The van der Waals surface area contributed by atoms with Crippen molar-refractivity contribution in [3.63, 3.8) is 0 Å². The summed E-state index contributed by atoms with van der Waals surface area (Å²) >= 11 is 0. The maximum Gasteiger partial charge on any atom is 0.514 e. The van der Waals surface area contributed by atoms with Crippen LogP contribution >= 0.6 is 0 Å². The van der Waals surface area contributed by atoms with Gasteiger partial charge in [0.1, 0.15) is 12.4 Å². The third-order valence-corrected chi connectivity index (χ3v) is 3.15. The average Bonchev–Trinajstić information content (AvgIpc) is 2.57. The number of ether oxygens (including phenoxy) is 2. The Morgan fingerprint density at radius 3 is 2.95 bits per heavy atom. The number of aryl methyl sites for hydroxylation is 1. The molecular weight excluding hydrogens is 240 g/mol. The van der Waals surface area contributed by atoms with Gasteiger partial charge in [-0.1, -0.05) is 36.9 Å². The molecule has 0 radical (unpaired) electrons. The first-order valence-electron chi connectivity index (χ1n) is 6.46. The summed E-state index contributed by atoms with van der Waals surface area (Å²) in [5, 5.41) is 0. The Hall–Kier alpha value is -2.03. The molecule has 19 heavy (non-hydrogen) atoms. The lowest BCUT2D eigenvalue weighted by Gasteiger charge is -2.12. The summed E-state index contributed by atoms with van der Waals surface area (Å²) in [6.45, 7) is 5.66. The van der Waals surface area contributed by atoms with Crippen molar-refractivity contribution in [2.75, 3.05) is 6.61 Å². The molecule has 0 unspecified atom stereocenters. The summed E-state index contributed by atoms with van der Waals surface area (Å²) in [5.74, 6) is 0.641. The van der Waals surface area contributed by atoms with Crippen molar-refractivity contribution in [2.45, 2.75) is 26.2 Å². The van der Waals surface area contributed by atoms with Crippen molar-refractivity contribution in [2.24, 2.45) is 0 Å². The zero-order valence-corrected chi connectivity index (χ0v) is 11.1. The maximum absolute atomic E-state index is 11.6. The molecule has 100 valence electrons. The van der Waals surface area contributed by atoms with E-state index in [1.165, 1.54) is 11.6 Å². The van der Waals surface area contributed by atoms with E-state index in [9.17, 15) is 4.79 Å². The summed E-state index contributed by atoms with van der Waals surface area (Å²) in [6, 6.07) is 8.02. The molecule has 3 heteroatoms. The third-order valence-electron chi connectivity index (χ3n) is 3.15. The highest BCUT2D eigenvalue weighted by molar-refractivity contribution is 5.76. The van der Waals surface area contributed by atoms with E-state index in [1.54, 1.807) is 0 Å². The predicted octanol–water partition coefficient (Wildman–Crippen LogP) is 4.09. The summed E-state index contributed by atoms with van der Waals surface area (Å²) < 4.78 is 10.3. The van der Waals surface area contributed by atoms with Gasteiger partial charge in [0, 0.05) is 5.56 Å². The number of carbonyl (C=O) groups excluding carboxylic acids is 1. The molecule has 0 saturated heterocycles. The van der Waals surface area contributed by atoms with Crippen molar-refractivity contribution in [3.8, 4) is 0 Å². The van der Waals surface area contributed by atoms with Gasteiger partial charge in [-0.15, -0.1) is 0 Å². The lowest BCUT2D eigenvalue weighted by atomic mass is 10.0. The fraction of sp³-hybridized carbons (Fsp3) is 0.312. The molecule has 0 fully saturated rings. The summed E-state index contributed by atoms with van der Waals surface area (Å²) in [7, 11) is 0. The van der Waals surface area contributed by atoms with Crippen LogP contribution < -0.4 is 0 Å². The van der Waals surface area contributed by atoms with Crippen LogP contribution in [0.4, 0.5) is 4.79 Å². The molecule has 0 heterocycles. The fourth-order valence-electron chi connectivity index (χ4n) is 2.23. The van der Waals surface area contributed by atoms with E-state index in [-0.39, 0.29) is 6.61 Å². The second kappa shape index (κ2) is 6.23. The van der Waals surface area contributed by atoms with Gasteiger partial charge in [0.2, 0.25) is 0 Å². The SMILES string of the molecule is C=CCOC(=O)OC1=C(C)CCCc2ccccc21. The number of hydrogen-bond donors (Lipinski definition) is 0. The minimum atomic E-state index is -0.675. The lowest BCUT2D eigenvalue weighted by Crippen LogP contribution is -2.08. The highest BCUT2D eigenvalue weighted by Gasteiger charge is 2.19. The van der Waals surface area contributed by atoms with E-state index >= 15 is 0 Å². The second-order valence-electron chi connectivity index (χ2n) is 4.57. The van der Waals surface area contributed by atoms with Crippen molar-refractivity contribution in [1.29, 1.82) is 0 Å². The Morgan fingerprint density at radius 2 is 2.16 bits per heavy atom. The quantitative estimate of drug-likeness (QED) is 0.605. The molecule has 0 aromatic heterocycles. The van der Waals surface area contributed by atoms with Gasteiger partial charge in [-0.25, -0.2) is 4.79 Å². The molecule has 0 spiro atoms. The Labute approximate surface area is 113 Å². The molecule has 0 saturated carbocycles. The smallest absolute Gasteiger partial charge is 0.430 e. The first-order valence-corrected chi connectivity index (χ1v) is 6.46. The first-order chi connectivity index (χ1) is 9.22. The molecule has 1 aliphatic rings. The number of carbonyl (C=O) groups is 1. The molecule has 2 rings (SSSR count). The van der Waals surface area contributed by atoms with Gasteiger partial charge in [0.25, 0.3) is 0 Å². The molecule has 0 bridgehead atoms. The minimum Gasteiger partial charge on any atom is -0.430 e. The number of benzene rings is 1. The van der Waals surface area contributed by atoms with Crippen LogP contribution in [-0.4, -0.2) is 12.8 Å². The van der Waals surface area contributed by atoms with E-state index in [0.717, 1.165) is 30.4 Å². The predicted molar refractivity (Wildman–Crippen MR) is 74.6 cm³/mol. The standard InChI is InChI=1S/C16H18O3/c1-3-11-18-16(17)19-15-12(2)7-6-9-13-8-4-5-10-14(13)15/h3-5,8,10H,1,6-7,9,11H2,2H3. The van der Waals surface area contributed by atoms with E-state index in [0.29, 0.717) is 5.76 Å². The highest BCUT2D eigenvalue weighted by atomic mass is 16.7. The number of rotatable bonds is 3. The van der Waals surface area contributed by atoms with Crippen molar-refractivity contribution in [3.05, 3.63) is 53.6 Å². The topological polar surface area (TPSA) is 35.5 Å². The normalized spacial score (nSPS) is 14.4. The minimum absolute atomic E-state index is 0.160. The lowest BCUT2D eigenvalue weighted by molar-refractivity contribution is 0.100. The van der Waals surface area contributed by atoms with Crippen LogP contribution in [0.2, 0.25) is 0 Å². The second-order valence-corrected chi connectivity index (χ2v) is 4.57. The Balaban J connectivity index is 2.26. The van der Waals surface area contributed by atoms with Crippen LogP contribution in [0.25, 0.3) is 5.76 Å². The largest absolute Gasteiger partial charge is 0.514 e. The summed E-state index contributed by atoms with van der Waals surface area (Å²) in [4.78, 5) is 11.6. The van der Waals surface area contributed by atoms with Gasteiger partial charge < -0.3 is 9.47 Å². The number of allylic oxidation sites excluding steroid dienone is 1. The van der Waals surface area contributed by atoms with Gasteiger partial charge in [0.05, 0.1) is 0 Å². The van der Waals surface area contributed by atoms with Crippen LogP contribution in [0.5, 0.6) is 0 Å². The monoisotopic (exact) mass is 258 g/mol. The maximum atomic E-state index is 11.6. The van der Waals surface area contributed by atoms with Gasteiger partial charge in [-0.05, 0) is 37.3 Å². The van der Waals surface area contributed by atoms with Gasteiger partial charge in [-0.3, -0.25) is 0 Å². The molecular formula is C16H18O3. The van der Waals surface area contributed by atoms with E-state index in [1.807, 2.05) is 25.1 Å². The molecule has 1 aliphatic carbocycles. The van der Waals surface area contributed by atoms with Crippen LogP contribution in [0, 0.1) is 0 Å². The van der Waals surface area contributed by atoms with Crippen molar-refractivity contribution < 1.29 is 14.3 Å². The molecule has 3 nitrogen and oxygen atoms in total. The zero-order valence-electron chi connectivity index (χ0n) is 11.1.